The lowest BCUT2D eigenvalue weighted by molar-refractivity contribution is 0.0695. The molecule has 0 spiro atoms. The van der Waals surface area contributed by atoms with Gasteiger partial charge < -0.3 is 10.1 Å². The fourth-order valence-corrected chi connectivity index (χ4v) is 4.23. The Labute approximate surface area is 149 Å². The summed E-state index contributed by atoms with van der Waals surface area (Å²) in [5, 5.41) is 9.09. The van der Waals surface area contributed by atoms with Crippen LogP contribution in [0.2, 0.25) is 0 Å². The topological polar surface area (TPSA) is 108 Å². The lowest BCUT2D eigenvalue weighted by Crippen LogP contribution is -2.30. The summed E-state index contributed by atoms with van der Waals surface area (Å²) in [6, 6.07) is 12.7. The lowest BCUT2D eigenvalue weighted by atomic mass is 10.1. The SMILES string of the molecule is CCN(c1ccccc1)S(=O)(=O)c1ccc2[nH]cc(C(=O)O)c(=O)c2c1. The number of nitrogens with zero attached hydrogens (tertiary/aromatic N) is 1. The van der Waals surface area contributed by atoms with Crippen LogP contribution >= 0.6 is 0 Å². The van der Waals surface area contributed by atoms with Crippen LogP contribution in [0.5, 0.6) is 0 Å². The van der Waals surface area contributed by atoms with Gasteiger partial charge in [0.25, 0.3) is 10.0 Å². The van der Waals surface area contributed by atoms with Crippen LogP contribution in [0.3, 0.4) is 0 Å². The number of rotatable bonds is 5. The van der Waals surface area contributed by atoms with Crippen LogP contribution in [0, 0.1) is 0 Å². The third kappa shape index (κ3) is 2.95. The number of anilines is 1. The molecule has 0 saturated heterocycles. The van der Waals surface area contributed by atoms with Crippen LogP contribution in [0.1, 0.15) is 17.3 Å². The van der Waals surface area contributed by atoms with Crippen molar-refractivity contribution in [3.63, 3.8) is 0 Å². The summed E-state index contributed by atoms with van der Waals surface area (Å²) in [5.41, 5.74) is -0.307. The van der Waals surface area contributed by atoms with E-state index in [9.17, 15) is 18.0 Å². The van der Waals surface area contributed by atoms with E-state index >= 15 is 0 Å². The van der Waals surface area contributed by atoms with Gasteiger partial charge >= 0.3 is 5.97 Å². The molecule has 3 aromatic rings. The Morgan fingerprint density at radius 3 is 2.46 bits per heavy atom. The molecule has 0 saturated carbocycles. The predicted octanol–water partition coefficient (Wildman–Crippen LogP) is 2.44. The molecule has 0 atom stereocenters. The number of carboxylic acids is 1. The number of hydrogen-bond acceptors (Lipinski definition) is 4. The summed E-state index contributed by atoms with van der Waals surface area (Å²) in [4.78, 5) is 26.1. The number of H-pyrrole nitrogens is 1. The molecule has 0 aliphatic heterocycles. The standard InChI is InChI=1S/C18H16N2O5S/c1-2-20(12-6-4-3-5-7-12)26(24,25)13-8-9-16-14(10-13)17(21)15(11-19-16)18(22)23/h3-11H,2H2,1H3,(H,19,21)(H,22,23). The molecule has 134 valence electrons. The van der Waals surface area contributed by atoms with E-state index in [1.807, 2.05) is 0 Å². The second kappa shape index (κ2) is 6.64. The number of aromatic amines is 1. The van der Waals surface area contributed by atoms with E-state index in [1.165, 1.54) is 22.5 Å². The van der Waals surface area contributed by atoms with Crippen molar-refractivity contribution < 1.29 is 18.3 Å². The number of fused-ring (bicyclic) bond motifs is 1. The van der Waals surface area contributed by atoms with Gasteiger partial charge in [-0.25, -0.2) is 13.2 Å². The molecule has 7 nitrogen and oxygen atoms in total. The summed E-state index contributed by atoms with van der Waals surface area (Å²) in [5.74, 6) is -1.37. The molecule has 0 unspecified atom stereocenters. The molecule has 0 amide bonds. The van der Waals surface area contributed by atoms with Crippen molar-refractivity contribution in [2.45, 2.75) is 11.8 Å². The summed E-state index contributed by atoms with van der Waals surface area (Å²) >= 11 is 0. The molecule has 1 heterocycles. The predicted molar refractivity (Wildman–Crippen MR) is 98.2 cm³/mol. The quantitative estimate of drug-likeness (QED) is 0.715. The Kier molecular flexibility index (Phi) is 4.52. The minimum atomic E-state index is -3.91. The molecule has 3 rings (SSSR count). The van der Waals surface area contributed by atoms with Crippen molar-refractivity contribution in [1.29, 1.82) is 0 Å². The fraction of sp³-hybridized carbons (Fsp3) is 0.111. The number of carbonyl (C=O) groups is 1. The average molecular weight is 372 g/mol. The molecule has 2 N–H and O–H groups in total. The zero-order chi connectivity index (χ0) is 18.9. The minimum absolute atomic E-state index is 0.00934. The number of para-hydroxylation sites is 1. The van der Waals surface area contributed by atoms with E-state index in [1.54, 1.807) is 37.3 Å². The third-order valence-electron chi connectivity index (χ3n) is 4.00. The molecule has 2 aromatic carbocycles. The third-order valence-corrected chi connectivity index (χ3v) is 5.90. The number of aromatic nitrogens is 1. The van der Waals surface area contributed by atoms with Crippen molar-refractivity contribution >= 4 is 32.6 Å². The first-order valence-electron chi connectivity index (χ1n) is 7.82. The highest BCUT2D eigenvalue weighted by atomic mass is 32.2. The first kappa shape index (κ1) is 17.7. The summed E-state index contributed by atoms with van der Waals surface area (Å²) in [6.07, 6.45) is 1.10. The lowest BCUT2D eigenvalue weighted by Gasteiger charge is -2.23. The summed E-state index contributed by atoms with van der Waals surface area (Å²) in [6.45, 7) is 1.91. The van der Waals surface area contributed by atoms with E-state index in [2.05, 4.69) is 4.98 Å². The van der Waals surface area contributed by atoms with Gasteiger partial charge in [0, 0.05) is 23.6 Å². The number of aromatic carboxylic acids is 1. The number of pyridine rings is 1. The summed E-state index contributed by atoms with van der Waals surface area (Å²) in [7, 11) is -3.91. The van der Waals surface area contributed by atoms with Gasteiger partial charge in [0.1, 0.15) is 5.56 Å². The van der Waals surface area contributed by atoms with Gasteiger partial charge in [-0.2, -0.15) is 0 Å². The Morgan fingerprint density at radius 2 is 1.85 bits per heavy atom. The Balaban J connectivity index is 2.19. The van der Waals surface area contributed by atoms with Gasteiger partial charge in [-0.1, -0.05) is 18.2 Å². The number of hydrogen-bond donors (Lipinski definition) is 2. The van der Waals surface area contributed by atoms with Crippen LogP contribution < -0.4 is 9.73 Å². The van der Waals surface area contributed by atoms with Crippen LogP contribution in [-0.2, 0) is 10.0 Å². The average Bonchev–Trinajstić information content (AvgIpc) is 2.63. The van der Waals surface area contributed by atoms with Crippen molar-refractivity contribution in [2.24, 2.45) is 0 Å². The normalized spacial score (nSPS) is 11.4. The molecule has 0 fully saturated rings. The Bertz CT molecular complexity index is 1140. The number of nitrogens with one attached hydrogen (secondary N) is 1. The van der Waals surface area contributed by atoms with Crippen molar-refractivity contribution in [3.05, 3.63) is 70.5 Å². The number of benzene rings is 2. The van der Waals surface area contributed by atoms with Crippen molar-refractivity contribution in [2.75, 3.05) is 10.8 Å². The second-order valence-corrected chi connectivity index (χ2v) is 7.41. The Morgan fingerprint density at radius 1 is 1.15 bits per heavy atom. The van der Waals surface area contributed by atoms with Gasteiger partial charge in [-0.15, -0.1) is 0 Å². The molecule has 8 heteroatoms. The van der Waals surface area contributed by atoms with E-state index in [-0.39, 0.29) is 16.8 Å². The van der Waals surface area contributed by atoms with E-state index < -0.39 is 27.0 Å². The molecule has 0 aliphatic rings. The van der Waals surface area contributed by atoms with E-state index in [0.717, 1.165) is 6.20 Å². The molecule has 0 bridgehead atoms. The highest BCUT2D eigenvalue weighted by molar-refractivity contribution is 7.92. The minimum Gasteiger partial charge on any atom is -0.477 e. The molecular formula is C18H16N2O5S. The first-order valence-corrected chi connectivity index (χ1v) is 9.26. The molecule has 1 aromatic heterocycles. The zero-order valence-corrected chi connectivity index (χ0v) is 14.7. The van der Waals surface area contributed by atoms with E-state index in [4.69, 9.17) is 5.11 Å². The van der Waals surface area contributed by atoms with Crippen molar-refractivity contribution in [1.82, 2.24) is 4.98 Å². The van der Waals surface area contributed by atoms with Gasteiger partial charge in [0.2, 0.25) is 5.43 Å². The summed E-state index contributed by atoms with van der Waals surface area (Å²) < 4.78 is 27.3. The first-order chi connectivity index (χ1) is 12.4. The fourth-order valence-electron chi connectivity index (χ4n) is 2.73. The number of carboxylic acid groups (broad SMARTS) is 1. The molecule has 0 aliphatic carbocycles. The van der Waals surface area contributed by atoms with Crippen molar-refractivity contribution in [3.8, 4) is 0 Å². The smallest absolute Gasteiger partial charge is 0.341 e. The molecular weight excluding hydrogens is 356 g/mol. The van der Waals surface area contributed by atoms with Gasteiger partial charge in [0.05, 0.1) is 10.6 Å². The maximum atomic E-state index is 13.0. The van der Waals surface area contributed by atoms with Crippen LogP contribution in [0.4, 0.5) is 5.69 Å². The largest absolute Gasteiger partial charge is 0.477 e. The van der Waals surface area contributed by atoms with Gasteiger partial charge in [-0.05, 0) is 37.3 Å². The number of sulfonamides is 1. The van der Waals surface area contributed by atoms with Crippen LogP contribution in [0.25, 0.3) is 10.9 Å². The monoisotopic (exact) mass is 372 g/mol. The van der Waals surface area contributed by atoms with Gasteiger partial charge in [0.15, 0.2) is 0 Å². The maximum Gasteiger partial charge on any atom is 0.341 e. The zero-order valence-electron chi connectivity index (χ0n) is 13.8. The Hall–Kier alpha value is -3.13. The van der Waals surface area contributed by atoms with Crippen LogP contribution in [-0.4, -0.2) is 31.0 Å². The maximum absolute atomic E-state index is 13.0. The van der Waals surface area contributed by atoms with E-state index in [0.29, 0.717) is 11.2 Å². The molecule has 26 heavy (non-hydrogen) atoms. The highest BCUT2D eigenvalue weighted by Crippen LogP contribution is 2.24. The highest BCUT2D eigenvalue weighted by Gasteiger charge is 2.24. The van der Waals surface area contributed by atoms with Crippen LogP contribution in [0.15, 0.2) is 64.4 Å². The van der Waals surface area contributed by atoms with Gasteiger partial charge in [-0.3, -0.25) is 9.10 Å². The molecule has 0 radical (unpaired) electrons. The second-order valence-electron chi connectivity index (χ2n) is 5.55.